The molecule has 0 saturated heterocycles. The van der Waals surface area contributed by atoms with E-state index in [1.165, 1.54) is 65.5 Å². The minimum atomic E-state index is -0.146. The van der Waals surface area contributed by atoms with Gasteiger partial charge in [0, 0.05) is 22.7 Å². The summed E-state index contributed by atoms with van der Waals surface area (Å²) < 4.78 is 22.7. The molecule has 0 N–H and O–H groups in total. The molecule has 6 nitrogen and oxygen atoms in total. The Balaban J connectivity index is 0.00000520. The van der Waals surface area contributed by atoms with Crippen LogP contribution < -0.4 is 68.4 Å². The van der Waals surface area contributed by atoms with Crippen LogP contribution in [0.25, 0.3) is 93.7 Å². The first kappa shape index (κ1) is 46.5. The molecule has 0 amide bonds. The van der Waals surface area contributed by atoms with Gasteiger partial charge in [-0.05, 0) is 41.8 Å². The van der Waals surface area contributed by atoms with Crippen molar-refractivity contribution < 1.29 is 88.8 Å². The summed E-state index contributed by atoms with van der Waals surface area (Å²) in [5, 5.41) is 7.82. The molecule has 69 heavy (non-hydrogen) atoms. The van der Waals surface area contributed by atoms with E-state index in [-0.39, 0.29) is 84.0 Å². The van der Waals surface area contributed by atoms with Gasteiger partial charge in [-0.1, -0.05) is 48.5 Å². The smallest absolute Gasteiger partial charge is 2.00 e. The Morgan fingerprint density at radius 2 is 1.20 bits per heavy atom. The van der Waals surface area contributed by atoms with Gasteiger partial charge in [-0.2, -0.15) is 0 Å². The summed E-state index contributed by atoms with van der Waals surface area (Å²) >= 11 is -0.280. The van der Waals surface area contributed by atoms with Crippen molar-refractivity contribution in [2.45, 2.75) is 40.0 Å². The summed E-state index contributed by atoms with van der Waals surface area (Å²) in [5.74, 6) is 2.05. The van der Waals surface area contributed by atoms with Gasteiger partial charge in [0.1, 0.15) is 5.82 Å². The number of hydrogen-bond acceptors (Lipinski definition) is 3. The van der Waals surface area contributed by atoms with Crippen LogP contribution in [0.3, 0.4) is 0 Å². The van der Waals surface area contributed by atoms with Gasteiger partial charge in [0.15, 0.2) is 0 Å². The zero-order chi connectivity index (χ0) is 45.7. The Bertz CT molecular complexity index is 3830. The number of rotatable bonds is 14. The normalized spacial score (nSPS) is 12.0. The second-order valence-electron chi connectivity index (χ2n) is 16.9. The standard InChI is InChI=1S/C59H47I3N5O.Pd/c1-4-29-60-38-33-48(61-30-5-2)57(49(34-38)62-31-6-3)54-37-64-59-47-35-40(23-25-42(47)43-18-10-12-20-50(43)66(54)59)68-41-24-26-44-45-27-28-52-56(58(45)67(53(44)36-41)55-22-14-15-32-63-55)46-19-11-13-21-51(46)65(52)39-16-8-7-9-17-39;/h7-28,32-34,37H,4-6,29-31H2,1-3H3;/q-5;+2. The van der Waals surface area contributed by atoms with Crippen LogP contribution in [-0.2, 0) is 20.4 Å². The van der Waals surface area contributed by atoms with Crippen LogP contribution in [0.4, 0.5) is 0 Å². The molecule has 7 aromatic carbocycles. The van der Waals surface area contributed by atoms with Gasteiger partial charge in [0.05, 0.1) is 16.6 Å². The Kier molecular flexibility index (Phi) is 13.6. The van der Waals surface area contributed by atoms with Crippen LogP contribution in [0.15, 0.2) is 158 Å². The van der Waals surface area contributed by atoms with Crippen LogP contribution in [0.1, 0.15) is 40.0 Å². The fourth-order valence-electron chi connectivity index (χ4n) is 9.66. The summed E-state index contributed by atoms with van der Waals surface area (Å²) in [6.07, 6.45) is 7.72. The van der Waals surface area contributed by atoms with Gasteiger partial charge in [-0.25, -0.2) is 4.98 Å². The summed E-state index contributed by atoms with van der Waals surface area (Å²) in [6.45, 7) is 7.00. The maximum absolute atomic E-state index is 6.85. The predicted molar refractivity (Wildman–Crippen MR) is 268 cm³/mol. The molecule has 0 saturated carbocycles. The van der Waals surface area contributed by atoms with Gasteiger partial charge < -0.3 is 9.13 Å². The number of aromatic nitrogens is 5. The van der Waals surface area contributed by atoms with E-state index in [4.69, 9.17) is 14.7 Å². The molecular weight excluding hydrogens is 1280 g/mol. The third-order valence-corrected chi connectivity index (χ3v) is 22.2. The van der Waals surface area contributed by atoms with Gasteiger partial charge in [0.2, 0.25) is 0 Å². The van der Waals surface area contributed by atoms with E-state index in [2.05, 4.69) is 174 Å². The van der Waals surface area contributed by atoms with E-state index < -0.39 is 0 Å². The zero-order valence-electron chi connectivity index (χ0n) is 38.3. The predicted octanol–water partition coefficient (Wildman–Crippen LogP) is 5.29. The van der Waals surface area contributed by atoms with Gasteiger partial charge in [-0.3, -0.25) is 0 Å². The van der Waals surface area contributed by atoms with Crippen LogP contribution in [0, 0.1) is 22.8 Å². The number of para-hydroxylation sites is 3. The van der Waals surface area contributed by atoms with E-state index >= 15 is 0 Å². The molecule has 12 aromatic rings. The molecule has 0 fully saturated rings. The second-order valence-corrected chi connectivity index (χ2v) is 26.0. The number of pyridine rings is 2. The first-order valence-electron chi connectivity index (χ1n) is 23.4. The van der Waals surface area contributed by atoms with Crippen molar-refractivity contribution in [3.63, 3.8) is 0 Å². The van der Waals surface area contributed by atoms with Gasteiger partial charge in [-0.15, -0.1) is 5.39 Å². The minimum Gasteiger partial charge on any atom is 2.00 e. The molecule has 0 radical (unpaired) electrons. The van der Waals surface area contributed by atoms with Gasteiger partial charge >= 0.3 is 297 Å². The molecule has 5 aromatic heterocycles. The van der Waals surface area contributed by atoms with E-state index in [1.807, 2.05) is 30.5 Å². The summed E-state index contributed by atoms with van der Waals surface area (Å²) in [5.41, 5.74) is 10.2. The van der Waals surface area contributed by atoms with Crippen molar-refractivity contribution in [2.75, 3.05) is 13.3 Å². The van der Waals surface area contributed by atoms with Crippen molar-refractivity contribution in [1.29, 1.82) is 0 Å². The van der Waals surface area contributed by atoms with E-state index in [1.54, 1.807) is 10.7 Å². The minimum absolute atomic E-state index is 0. The Morgan fingerprint density at radius 3 is 1.94 bits per heavy atom. The van der Waals surface area contributed by atoms with Crippen LogP contribution in [0.2, 0.25) is 0 Å². The van der Waals surface area contributed by atoms with Crippen LogP contribution in [-0.4, -0.2) is 36.8 Å². The molecule has 0 atom stereocenters. The summed E-state index contributed by atoms with van der Waals surface area (Å²) in [6, 6.07) is 59.9. The first-order valence-corrected chi connectivity index (χ1v) is 31.2. The molecule has 12 rings (SSSR count). The quantitative estimate of drug-likeness (QED) is 0.0490. The molecule has 0 bridgehead atoms. The average molecular weight is 1330 g/mol. The van der Waals surface area contributed by atoms with Crippen LogP contribution in [0.5, 0.6) is 11.5 Å². The van der Waals surface area contributed by atoms with E-state index in [9.17, 15) is 0 Å². The molecular formula is C59H47I3N5OPd-3. The fourth-order valence-corrected chi connectivity index (χ4v) is 18.8. The first-order chi connectivity index (χ1) is 33.6. The van der Waals surface area contributed by atoms with E-state index in [0.29, 0.717) is 11.5 Å². The Morgan fingerprint density at radius 1 is 0.551 bits per heavy atom. The number of hydrogen-bond donors (Lipinski definition) is 0. The topological polar surface area (TPSA) is 49.3 Å². The monoisotopic (exact) mass is 1330 g/mol. The number of imidazole rings is 1. The fraction of sp³-hybridized carbons (Fsp3) is 0.153. The molecule has 0 aliphatic carbocycles. The van der Waals surface area contributed by atoms with Crippen LogP contribution >= 0.6 is 0 Å². The van der Waals surface area contributed by atoms with Crippen molar-refractivity contribution in [3.05, 3.63) is 181 Å². The maximum atomic E-state index is 6.85. The van der Waals surface area contributed by atoms with Gasteiger partial charge in [0.25, 0.3) is 0 Å². The molecule has 0 aliphatic rings. The largest absolute Gasteiger partial charge is 2.00 e. The average Bonchev–Trinajstić information content (AvgIpc) is 4.08. The second kappa shape index (κ2) is 20.1. The molecule has 0 aliphatic heterocycles. The number of fused-ring (bicyclic) bond motifs is 13. The van der Waals surface area contributed by atoms with E-state index in [0.717, 1.165) is 60.8 Å². The molecule has 0 unspecified atom stereocenters. The van der Waals surface area contributed by atoms with Crippen molar-refractivity contribution in [2.24, 2.45) is 0 Å². The molecule has 10 heteroatoms. The third kappa shape index (κ3) is 8.25. The van der Waals surface area contributed by atoms with Crippen molar-refractivity contribution in [3.8, 4) is 34.3 Å². The number of alkyl halides is 3. The molecule has 5 heterocycles. The summed E-state index contributed by atoms with van der Waals surface area (Å²) in [7, 11) is 0. The van der Waals surface area contributed by atoms with Crippen molar-refractivity contribution in [1.82, 2.24) is 23.5 Å². The number of ether oxygens (including phenoxy) is 1. The maximum Gasteiger partial charge on any atom is 2.00 e. The zero-order valence-corrected chi connectivity index (χ0v) is 46.4. The number of halogens is 3. The van der Waals surface area contributed by atoms with Crippen molar-refractivity contribution >= 4 is 70.9 Å². The number of nitrogens with zero attached hydrogens (tertiary/aromatic N) is 5. The molecule has 0 spiro atoms. The molecule has 348 valence electrons. The summed E-state index contributed by atoms with van der Waals surface area (Å²) in [4.78, 5) is 10.2. The Hall–Kier alpha value is -4.85. The number of benzene rings is 7. The Labute approximate surface area is 446 Å². The SMILES string of the molecule is CCC[I-]c1cc([I-]CCC)c(-c2cnc3c4[c-]c(Oc5[c-]c6c(cc5)c5ccc7c(c8ccccc8n7-c7ccccc7)c5n6-c5ccccn5)ccc4c4ccccc4n23)c([I-]CCC)c1.[Pd+2]. The third-order valence-electron chi connectivity index (χ3n) is 12.5.